The molecule has 1 saturated heterocycles. The summed E-state index contributed by atoms with van der Waals surface area (Å²) in [5, 5.41) is 3.14. The van der Waals surface area contributed by atoms with Gasteiger partial charge < -0.3 is 5.32 Å². The molecule has 0 aliphatic carbocycles. The summed E-state index contributed by atoms with van der Waals surface area (Å²) in [7, 11) is -1.82. The van der Waals surface area contributed by atoms with Crippen LogP contribution in [-0.2, 0) is 10.0 Å². The number of pyridine rings is 1. The van der Waals surface area contributed by atoms with Gasteiger partial charge in [-0.2, -0.15) is 4.31 Å². The lowest BCUT2D eigenvalue weighted by Crippen LogP contribution is -2.43. The zero-order chi connectivity index (χ0) is 14.8. The molecule has 1 aliphatic heterocycles. The Labute approximate surface area is 125 Å². The molecule has 1 N–H and O–H groups in total. The van der Waals surface area contributed by atoms with Gasteiger partial charge in [-0.1, -0.05) is 24.9 Å². The van der Waals surface area contributed by atoms with Gasteiger partial charge in [-0.25, -0.2) is 13.4 Å². The van der Waals surface area contributed by atoms with Gasteiger partial charge in [-0.15, -0.1) is 0 Å². The molecule has 1 unspecified atom stereocenters. The fraction of sp³-hybridized carbons (Fsp3) is 0.615. The Kier molecular flexibility index (Phi) is 4.88. The molecule has 0 saturated carbocycles. The Morgan fingerprint density at radius 3 is 2.85 bits per heavy atom. The number of nitrogens with zero attached hydrogens (tertiary/aromatic N) is 2. The van der Waals surface area contributed by atoms with Crippen molar-refractivity contribution in [3.8, 4) is 0 Å². The molecule has 1 aromatic heterocycles. The maximum atomic E-state index is 12.7. The highest BCUT2D eigenvalue weighted by molar-refractivity contribution is 7.89. The van der Waals surface area contributed by atoms with Crippen molar-refractivity contribution in [1.82, 2.24) is 9.29 Å². The van der Waals surface area contributed by atoms with Crippen molar-refractivity contribution in [1.29, 1.82) is 0 Å². The van der Waals surface area contributed by atoms with Gasteiger partial charge >= 0.3 is 0 Å². The lowest BCUT2D eigenvalue weighted by atomic mass is 10.0. The van der Waals surface area contributed by atoms with Crippen LogP contribution in [0.5, 0.6) is 0 Å². The molecule has 0 bridgehead atoms. The Morgan fingerprint density at radius 2 is 2.25 bits per heavy atom. The fourth-order valence-corrected chi connectivity index (χ4v) is 4.64. The van der Waals surface area contributed by atoms with Crippen molar-refractivity contribution < 1.29 is 8.42 Å². The Morgan fingerprint density at radius 1 is 1.50 bits per heavy atom. The van der Waals surface area contributed by atoms with Crippen molar-refractivity contribution in [2.75, 3.05) is 18.9 Å². The number of nitrogens with one attached hydrogen (secondary N) is 1. The predicted octanol–water partition coefficient (Wildman–Crippen LogP) is 2.73. The summed E-state index contributed by atoms with van der Waals surface area (Å²) in [5.74, 6) is 0.483. The number of hydrogen-bond donors (Lipinski definition) is 1. The molecule has 20 heavy (non-hydrogen) atoms. The number of anilines is 1. The number of halogens is 1. The topological polar surface area (TPSA) is 62.3 Å². The van der Waals surface area contributed by atoms with E-state index >= 15 is 0 Å². The van der Waals surface area contributed by atoms with Crippen molar-refractivity contribution in [3.63, 3.8) is 0 Å². The number of aromatic nitrogens is 1. The van der Waals surface area contributed by atoms with Gasteiger partial charge in [-0.3, -0.25) is 0 Å². The van der Waals surface area contributed by atoms with E-state index in [2.05, 4.69) is 10.3 Å². The lowest BCUT2D eigenvalue weighted by molar-refractivity contribution is 0.246. The first-order valence-electron chi connectivity index (χ1n) is 6.85. The minimum Gasteiger partial charge on any atom is -0.372 e. The van der Waals surface area contributed by atoms with Crippen LogP contribution in [0.3, 0.4) is 0 Å². The van der Waals surface area contributed by atoms with Crippen LogP contribution in [0.2, 0.25) is 5.02 Å². The zero-order valence-corrected chi connectivity index (χ0v) is 13.3. The number of rotatable bonds is 4. The van der Waals surface area contributed by atoms with Crippen molar-refractivity contribution in [2.24, 2.45) is 0 Å². The molecule has 2 rings (SSSR count). The molecule has 112 valence electrons. The maximum Gasteiger partial charge on any atom is 0.244 e. The number of hydrogen-bond acceptors (Lipinski definition) is 4. The quantitative estimate of drug-likeness (QED) is 0.927. The summed E-state index contributed by atoms with van der Waals surface area (Å²) in [6.07, 6.45) is 5.11. The second kappa shape index (κ2) is 6.28. The van der Waals surface area contributed by atoms with Crippen LogP contribution in [0.4, 0.5) is 5.82 Å². The van der Waals surface area contributed by atoms with Gasteiger partial charge in [0.2, 0.25) is 10.0 Å². The molecule has 2 heterocycles. The molecule has 0 spiro atoms. The Balaban J connectivity index is 2.36. The summed E-state index contributed by atoms with van der Waals surface area (Å²) in [6.45, 7) is 2.60. The summed E-state index contributed by atoms with van der Waals surface area (Å²) in [5.41, 5.74) is 0. The molecule has 0 aromatic carbocycles. The fourth-order valence-electron chi connectivity index (χ4n) is 2.58. The molecular formula is C13H20ClN3O2S. The summed E-state index contributed by atoms with van der Waals surface area (Å²) >= 11 is 6.04. The third kappa shape index (κ3) is 2.92. The van der Waals surface area contributed by atoms with Crippen molar-refractivity contribution in [3.05, 3.63) is 17.3 Å². The van der Waals surface area contributed by atoms with Crippen LogP contribution in [0, 0.1) is 0 Å². The van der Waals surface area contributed by atoms with Gasteiger partial charge in [0.25, 0.3) is 0 Å². The highest BCUT2D eigenvalue weighted by Crippen LogP contribution is 2.29. The van der Waals surface area contributed by atoms with Crippen LogP contribution in [-0.4, -0.2) is 37.3 Å². The van der Waals surface area contributed by atoms with Crippen LogP contribution < -0.4 is 5.32 Å². The normalized spacial score (nSPS) is 20.9. The summed E-state index contributed by atoms with van der Waals surface area (Å²) in [4.78, 5) is 4.23. The third-order valence-electron chi connectivity index (χ3n) is 3.70. The molecule has 1 aliphatic rings. The van der Waals surface area contributed by atoms with Gasteiger partial charge in [0.05, 0.1) is 5.02 Å². The molecule has 0 amide bonds. The van der Waals surface area contributed by atoms with E-state index in [0.717, 1.165) is 25.7 Å². The SMILES string of the molecule is CCC1CCCCN1S(=O)(=O)c1cnc(NC)c(Cl)c1. The molecule has 5 nitrogen and oxygen atoms in total. The van der Waals surface area contributed by atoms with Crippen LogP contribution >= 0.6 is 11.6 Å². The predicted molar refractivity (Wildman–Crippen MR) is 80.6 cm³/mol. The third-order valence-corrected chi connectivity index (χ3v) is 5.91. The minimum absolute atomic E-state index is 0.0801. The largest absolute Gasteiger partial charge is 0.372 e. The zero-order valence-electron chi connectivity index (χ0n) is 11.8. The van der Waals surface area contributed by atoms with Crippen LogP contribution in [0.25, 0.3) is 0 Å². The number of piperidine rings is 1. The molecule has 1 aromatic rings. The van der Waals surface area contributed by atoms with Gasteiger partial charge in [0, 0.05) is 25.8 Å². The second-order valence-corrected chi connectivity index (χ2v) is 7.22. The molecule has 1 fully saturated rings. The van der Waals surface area contributed by atoms with E-state index in [1.807, 2.05) is 6.92 Å². The van der Waals surface area contributed by atoms with E-state index in [0.29, 0.717) is 17.4 Å². The molecule has 0 radical (unpaired) electrons. The van der Waals surface area contributed by atoms with Crippen molar-refractivity contribution >= 4 is 27.4 Å². The monoisotopic (exact) mass is 317 g/mol. The average Bonchev–Trinajstić information content (AvgIpc) is 2.47. The first kappa shape index (κ1) is 15.5. The van der Waals surface area contributed by atoms with Crippen LogP contribution in [0.1, 0.15) is 32.6 Å². The maximum absolute atomic E-state index is 12.7. The van der Waals surface area contributed by atoms with E-state index < -0.39 is 10.0 Å². The smallest absolute Gasteiger partial charge is 0.244 e. The Hall–Kier alpha value is -0.850. The average molecular weight is 318 g/mol. The lowest BCUT2D eigenvalue weighted by Gasteiger charge is -2.34. The summed E-state index contributed by atoms with van der Waals surface area (Å²) < 4.78 is 27.0. The highest BCUT2D eigenvalue weighted by atomic mass is 35.5. The number of sulfonamides is 1. The van der Waals surface area contributed by atoms with E-state index in [1.165, 1.54) is 12.3 Å². The first-order valence-corrected chi connectivity index (χ1v) is 8.67. The minimum atomic E-state index is -3.51. The molecule has 7 heteroatoms. The first-order chi connectivity index (χ1) is 9.50. The van der Waals surface area contributed by atoms with Gasteiger partial charge in [0.1, 0.15) is 10.7 Å². The highest BCUT2D eigenvalue weighted by Gasteiger charge is 2.32. The van der Waals surface area contributed by atoms with E-state index in [9.17, 15) is 8.42 Å². The second-order valence-electron chi connectivity index (χ2n) is 4.93. The molecule has 1 atom stereocenters. The van der Waals surface area contributed by atoms with E-state index in [1.54, 1.807) is 11.4 Å². The summed E-state index contributed by atoms with van der Waals surface area (Å²) in [6, 6.07) is 1.55. The van der Waals surface area contributed by atoms with Gasteiger partial charge in [-0.05, 0) is 25.3 Å². The Bertz CT molecular complexity index is 577. The molecular weight excluding hydrogens is 298 g/mol. The van der Waals surface area contributed by atoms with Crippen molar-refractivity contribution in [2.45, 2.75) is 43.5 Å². The van der Waals surface area contributed by atoms with Crippen LogP contribution in [0.15, 0.2) is 17.2 Å². The van der Waals surface area contributed by atoms with Gasteiger partial charge in [0.15, 0.2) is 0 Å². The standard InChI is InChI=1S/C13H20ClN3O2S/c1-3-10-6-4-5-7-17(10)20(18,19)11-8-12(14)13(15-2)16-9-11/h8-10H,3-7H2,1-2H3,(H,15,16). The van der Waals surface area contributed by atoms with E-state index in [4.69, 9.17) is 11.6 Å². The van der Waals surface area contributed by atoms with E-state index in [-0.39, 0.29) is 10.9 Å².